The Balaban J connectivity index is 1.10. The molecule has 3 heterocycles. The highest BCUT2D eigenvalue weighted by molar-refractivity contribution is 6.04. The fraction of sp³-hybridized carbons (Fsp3) is 0.321. The van der Waals surface area contributed by atoms with Crippen LogP contribution in [0.3, 0.4) is 0 Å². The second kappa shape index (κ2) is 12.4. The van der Waals surface area contributed by atoms with Gasteiger partial charge in [0.25, 0.3) is 11.8 Å². The molecule has 1 aromatic carbocycles. The van der Waals surface area contributed by atoms with E-state index in [4.69, 9.17) is 0 Å². The second-order valence-corrected chi connectivity index (χ2v) is 9.53. The lowest BCUT2D eigenvalue weighted by atomic mass is 10.1. The largest absolute Gasteiger partial charge is 0.368 e. The summed E-state index contributed by atoms with van der Waals surface area (Å²) in [5.74, 6) is 0.0000183. The summed E-state index contributed by atoms with van der Waals surface area (Å²) in [5, 5.41) is 20.3. The van der Waals surface area contributed by atoms with Crippen molar-refractivity contribution >= 4 is 40.1 Å². The number of rotatable bonds is 11. The molecule has 1 aliphatic heterocycles. The lowest BCUT2D eigenvalue weighted by Crippen LogP contribution is -2.47. The Bertz CT molecular complexity index is 1420. The highest BCUT2D eigenvalue weighted by Gasteiger charge is 2.16. The zero-order chi connectivity index (χ0) is 27.0. The SMILES string of the molecule is O=C(Cn1cc2cc(NC(=O)c3cccc(NCC4CCN4)n3)ccc2n1)NCCNC(=O)C1=CCCC=C1. The number of pyridine rings is 1. The van der Waals surface area contributed by atoms with E-state index in [2.05, 4.69) is 36.7 Å². The van der Waals surface area contributed by atoms with Crippen molar-refractivity contribution in [3.63, 3.8) is 0 Å². The van der Waals surface area contributed by atoms with E-state index in [9.17, 15) is 14.4 Å². The van der Waals surface area contributed by atoms with E-state index in [1.165, 1.54) is 0 Å². The van der Waals surface area contributed by atoms with Gasteiger partial charge >= 0.3 is 0 Å². The summed E-state index contributed by atoms with van der Waals surface area (Å²) >= 11 is 0. The molecule has 5 N–H and O–H groups in total. The summed E-state index contributed by atoms with van der Waals surface area (Å²) in [6, 6.07) is 11.1. The van der Waals surface area contributed by atoms with Crippen LogP contribution >= 0.6 is 0 Å². The smallest absolute Gasteiger partial charge is 0.274 e. The molecular formula is C28H32N8O3. The van der Waals surface area contributed by atoms with E-state index in [1.807, 2.05) is 30.4 Å². The quantitative estimate of drug-likeness (QED) is 0.240. The lowest BCUT2D eigenvalue weighted by Gasteiger charge is -2.27. The maximum absolute atomic E-state index is 12.8. The molecule has 5 rings (SSSR count). The molecule has 1 fully saturated rings. The van der Waals surface area contributed by atoms with E-state index >= 15 is 0 Å². The van der Waals surface area contributed by atoms with Gasteiger partial charge < -0.3 is 26.6 Å². The standard InChI is InChI=1S/C28H32N8O3/c37-26(30-13-14-31-27(38)19-5-2-1-3-6-19)18-36-17-20-15-21(9-10-23(20)35-36)33-28(39)24-7-4-8-25(34-24)32-16-22-11-12-29-22/h2,4-10,15,17,22,29H,1,3,11-14,16,18H2,(H,30,37)(H,31,38)(H,32,34)(H,33,39). The second-order valence-electron chi connectivity index (χ2n) is 9.53. The highest BCUT2D eigenvalue weighted by Crippen LogP contribution is 2.19. The van der Waals surface area contributed by atoms with E-state index in [1.54, 1.807) is 35.1 Å². The molecule has 39 heavy (non-hydrogen) atoms. The Kier molecular flexibility index (Phi) is 8.27. The summed E-state index contributed by atoms with van der Waals surface area (Å²) < 4.78 is 1.55. The minimum atomic E-state index is -0.311. The number of nitrogens with zero attached hydrogens (tertiary/aromatic N) is 3. The van der Waals surface area contributed by atoms with Crippen LogP contribution in [0.25, 0.3) is 10.9 Å². The van der Waals surface area contributed by atoms with Crippen LogP contribution in [0.15, 0.2) is 66.4 Å². The number of carbonyl (C=O) groups is 3. The minimum absolute atomic E-state index is 0.0400. The van der Waals surface area contributed by atoms with E-state index in [0.717, 1.165) is 37.7 Å². The average Bonchev–Trinajstić information content (AvgIpc) is 3.32. The van der Waals surface area contributed by atoms with Gasteiger partial charge in [-0.3, -0.25) is 19.1 Å². The van der Waals surface area contributed by atoms with Gasteiger partial charge in [-0.15, -0.1) is 0 Å². The highest BCUT2D eigenvalue weighted by atomic mass is 16.2. The fourth-order valence-corrected chi connectivity index (χ4v) is 4.31. The van der Waals surface area contributed by atoms with Crippen molar-refractivity contribution in [3.8, 4) is 0 Å². The van der Waals surface area contributed by atoms with E-state index < -0.39 is 0 Å². The first-order valence-electron chi connectivity index (χ1n) is 13.2. The van der Waals surface area contributed by atoms with Gasteiger partial charge in [0.1, 0.15) is 18.1 Å². The molecule has 3 amide bonds. The van der Waals surface area contributed by atoms with E-state index in [-0.39, 0.29) is 24.3 Å². The number of hydrogen-bond acceptors (Lipinski definition) is 7. The molecule has 2 aromatic heterocycles. The van der Waals surface area contributed by atoms with Crippen LogP contribution in [-0.2, 0) is 16.1 Å². The lowest BCUT2D eigenvalue weighted by molar-refractivity contribution is -0.122. The molecule has 1 unspecified atom stereocenters. The summed E-state index contributed by atoms with van der Waals surface area (Å²) in [5.41, 5.74) is 2.28. The molecule has 1 atom stereocenters. The number of aromatic nitrogens is 3. The Morgan fingerprint density at radius 3 is 2.72 bits per heavy atom. The number of hydrogen-bond donors (Lipinski definition) is 5. The van der Waals surface area contributed by atoms with Gasteiger partial charge in [-0.2, -0.15) is 5.10 Å². The zero-order valence-corrected chi connectivity index (χ0v) is 21.6. The van der Waals surface area contributed by atoms with Gasteiger partial charge in [0.05, 0.1) is 5.52 Å². The van der Waals surface area contributed by atoms with Crippen molar-refractivity contribution < 1.29 is 14.4 Å². The fourth-order valence-electron chi connectivity index (χ4n) is 4.31. The maximum atomic E-state index is 12.8. The van der Waals surface area contributed by atoms with Crippen molar-refractivity contribution in [2.75, 3.05) is 36.8 Å². The summed E-state index contributed by atoms with van der Waals surface area (Å²) in [4.78, 5) is 41.7. The molecule has 11 nitrogen and oxygen atoms in total. The zero-order valence-electron chi connectivity index (χ0n) is 21.6. The van der Waals surface area contributed by atoms with Crippen molar-refractivity contribution in [2.24, 2.45) is 0 Å². The summed E-state index contributed by atoms with van der Waals surface area (Å²) in [6.07, 6.45) is 10.4. The maximum Gasteiger partial charge on any atom is 0.274 e. The van der Waals surface area contributed by atoms with Crippen LogP contribution in [0.4, 0.5) is 11.5 Å². The molecule has 11 heteroatoms. The van der Waals surface area contributed by atoms with Crippen molar-refractivity contribution in [2.45, 2.75) is 31.8 Å². The van der Waals surface area contributed by atoms with Gasteiger partial charge in [0.2, 0.25) is 5.91 Å². The number of fused-ring (bicyclic) bond motifs is 1. The topological polar surface area (TPSA) is 142 Å². The first-order chi connectivity index (χ1) is 19.0. The number of benzene rings is 1. The number of allylic oxidation sites excluding steroid dienone is 2. The monoisotopic (exact) mass is 528 g/mol. The van der Waals surface area contributed by atoms with E-state index in [0.29, 0.717) is 47.4 Å². The Morgan fingerprint density at radius 1 is 1.05 bits per heavy atom. The van der Waals surface area contributed by atoms with Crippen molar-refractivity contribution in [1.29, 1.82) is 0 Å². The third-order valence-electron chi connectivity index (χ3n) is 6.54. The van der Waals surface area contributed by atoms with Gasteiger partial charge in [0, 0.05) is 48.5 Å². The first-order valence-corrected chi connectivity index (χ1v) is 13.2. The van der Waals surface area contributed by atoms with Gasteiger partial charge in [-0.05, 0) is 56.1 Å². The molecular weight excluding hydrogens is 496 g/mol. The third-order valence-corrected chi connectivity index (χ3v) is 6.54. The number of anilines is 2. The molecule has 0 bridgehead atoms. The predicted octanol–water partition coefficient (Wildman–Crippen LogP) is 1.97. The average molecular weight is 529 g/mol. The Labute approximate surface area is 226 Å². The summed E-state index contributed by atoms with van der Waals surface area (Å²) in [6.45, 7) is 2.50. The molecule has 0 spiro atoms. The number of carbonyl (C=O) groups excluding carboxylic acids is 3. The molecule has 2 aliphatic rings. The Morgan fingerprint density at radius 2 is 1.92 bits per heavy atom. The van der Waals surface area contributed by atoms with Gasteiger partial charge in [0.15, 0.2) is 0 Å². The van der Waals surface area contributed by atoms with Crippen LogP contribution in [0.5, 0.6) is 0 Å². The number of nitrogens with one attached hydrogen (secondary N) is 5. The van der Waals surface area contributed by atoms with Gasteiger partial charge in [-0.1, -0.05) is 24.3 Å². The minimum Gasteiger partial charge on any atom is -0.368 e. The molecule has 0 saturated carbocycles. The third kappa shape index (κ3) is 7.08. The van der Waals surface area contributed by atoms with Crippen molar-refractivity contribution in [3.05, 3.63) is 72.1 Å². The molecule has 1 saturated heterocycles. The number of amides is 3. The summed E-state index contributed by atoms with van der Waals surface area (Å²) in [7, 11) is 0. The normalized spacial score (nSPS) is 16.2. The van der Waals surface area contributed by atoms with Crippen LogP contribution in [0, 0.1) is 0 Å². The molecule has 0 radical (unpaired) electrons. The van der Waals surface area contributed by atoms with Crippen LogP contribution in [-0.4, -0.2) is 64.7 Å². The molecule has 202 valence electrons. The first kappa shape index (κ1) is 26.1. The van der Waals surface area contributed by atoms with Crippen molar-refractivity contribution in [1.82, 2.24) is 30.7 Å². The van der Waals surface area contributed by atoms with Crippen LogP contribution in [0.1, 0.15) is 29.8 Å². The van der Waals surface area contributed by atoms with Gasteiger partial charge in [-0.25, -0.2) is 4.98 Å². The predicted molar refractivity (Wildman–Crippen MR) is 149 cm³/mol. The molecule has 3 aromatic rings. The van der Waals surface area contributed by atoms with Crippen LogP contribution < -0.4 is 26.6 Å². The molecule has 1 aliphatic carbocycles. The van der Waals surface area contributed by atoms with Crippen LogP contribution in [0.2, 0.25) is 0 Å². The Hall–Kier alpha value is -4.51.